The summed E-state index contributed by atoms with van der Waals surface area (Å²) >= 11 is 4.55. The van der Waals surface area contributed by atoms with E-state index in [1.165, 1.54) is 0 Å². The van der Waals surface area contributed by atoms with E-state index in [1.807, 2.05) is 0 Å². The summed E-state index contributed by atoms with van der Waals surface area (Å²) in [5, 5.41) is 0. The van der Waals surface area contributed by atoms with E-state index in [4.69, 9.17) is 5.73 Å². The van der Waals surface area contributed by atoms with E-state index in [0.29, 0.717) is 13.1 Å². The molecule has 17 heavy (non-hydrogen) atoms. The number of amides is 1. The SMILES string of the molecule is NC(=S)CS(=O)(=O)CC(=O)N1CCCCCC1. The highest BCUT2D eigenvalue weighted by atomic mass is 32.2. The van der Waals surface area contributed by atoms with Crippen molar-refractivity contribution in [2.45, 2.75) is 25.7 Å². The molecule has 0 aromatic rings. The van der Waals surface area contributed by atoms with Crippen molar-refractivity contribution in [1.29, 1.82) is 0 Å². The molecule has 0 aliphatic carbocycles. The van der Waals surface area contributed by atoms with Crippen molar-refractivity contribution >= 4 is 33.0 Å². The van der Waals surface area contributed by atoms with Crippen LogP contribution >= 0.6 is 12.2 Å². The second kappa shape index (κ2) is 6.30. The third-order valence-corrected chi connectivity index (χ3v) is 4.43. The Labute approximate surface area is 107 Å². The molecule has 1 amide bonds. The molecule has 0 aromatic heterocycles. The summed E-state index contributed by atoms with van der Waals surface area (Å²) in [5.41, 5.74) is 5.19. The van der Waals surface area contributed by atoms with E-state index in [0.717, 1.165) is 25.7 Å². The van der Waals surface area contributed by atoms with Crippen LogP contribution in [0.4, 0.5) is 0 Å². The summed E-state index contributed by atoms with van der Waals surface area (Å²) in [6, 6.07) is 0. The van der Waals surface area contributed by atoms with Crippen molar-refractivity contribution in [3.8, 4) is 0 Å². The molecule has 7 heteroatoms. The molecule has 0 atom stereocenters. The monoisotopic (exact) mass is 278 g/mol. The smallest absolute Gasteiger partial charge is 0.237 e. The largest absolute Gasteiger partial charge is 0.392 e. The molecule has 1 saturated heterocycles. The Hall–Kier alpha value is -0.690. The predicted molar refractivity (Wildman–Crippen MR) is 70.5 cm³/mol. The van der Waals surface area contributed by atoms with Gasteiger partial charge in [0.2, 0.25) is 5.91 Å². The first kappa shape index (κ1) is 14.4. The lowest BCUT2D eigenvalue weighted by Gasteiger charge is -2.20. The number of carbonyl (C=O) groups excluding carboxylic acids is 1. The first-order chi connectivity index (χ1) is 7.91. The fourth-order valence-corrected chi connectivity index (χ4v) is 3.50. The van der Waals surface area contributed by atoms with Crippen LogP contribution in [0, 0.1) is 0 Å². The van der Waals surface area contributed by atoms with Crippen molar-refractivity contribution in [2.24, 2.45) is 5.73 Å². The van der Waals surface area contributed by atoms with Gasteiger partial charge in [-0.3, -0.25) is 4.79 Å². The number of sulfone groups is 1. The molecular formula is C10H18N2O3S2. The van der Waals surface area contributed by atoms with Crippen molar-refractivity contribution in [1.82, 2.24) is 4.90 Å². The van der Waals surface area contributed by atoms with Crippen molar-refractivity contribution < 1.29 is 13.2 Å². The highest BCUT2D eigenvalue weighted by Crippen LogP contribution is 2.10. The van der Waals surface area contributed by atoms with Crippen LogP contribution in [0.15, 0.2) is 0 Å². The number of hydrogen-bond donors (Lipinski definition) is 1. The van der Waals surface area contributed by atoms with Gasteiger partial charge in [0.15, 0.2) is 9.84 Å². The molecule has 0 radical (unpaired) electrons. The minimum atomic E-state index is -3.50. The molecule has 0 saturated carbocycles. The van der Waals surface area contributed by atoms with Crippen LogP contribution in [0.5, 0.6) is 0 Å². The summed E-state index contributed by atoms with van der Waals surface area (Å²) in [6.07, 6.45) is 4.09. The van der Waals surface area contributed by atoms with Crippen LogP contribution in [0.1, 0.15) is 25.7 Å². The van der Waals surface area contributed by atoms with Crippen LogP contribution in [0.25, 0.3) is 0 Å². The Bertz CT molecular complexity index is 384. The van der Waals surface area contributed by atoms with Crippen LogP contribution in [-0.2, 0) is 14.6 Å². The second-order valence-corrected chi connectivity index (χ2v) is 6.88. The number of nitrogens with two attached hydrogens (primary N) is 1. The zero-order valence-electron chi connectivity index (χ0n) is 9.72. The van der Waals surface area contributed by atoms with Crippen LogP contribution in [-0.4, -0.2) is 48.8 Å². The van der Waals surface area contributed by atoms with Gasteiger partial charge < -0.3 is 10.6 Å². The molecule has 2 N–H and O–H groups in total. The first-order valence-corrected chi connectivity index (χ1v) is 7.90. The van der Waals surface area contributed by atoms with E-state index < -0.39 is 15.6 Å². The number of thiocarbonyl (C=S) groups is 1. The Kier molecular flexibility index (Phi) is 5.32. The van der Waals surface area contributed by atoms with E-state index in [-0.39, 0.29) is 16.6 Å². The maximum absolute atomic E-state index is 11.8. The van der Waals surface area contributed by atoms with Gasteiger partial charge in [-0.05, 0) is 12.8 Å². The third kappa shape index (κ3) is 5.45. The minimum Gasteiger partial charge on any atom is -0.392 e. The minimum absolute atomic E-state index is 0.0892. The lowest BCUT2D eigenvalue weighted by atomic mass is 10.2. The number of likely N-dealkylation sites (tertiary alicyclic amines) is 1. The molecule has 1 heterocycles. The molecule has 5 nitrogen and oxygen atoms in total. The second-order valence-electron chi connectivity index (χ2n) is 4.29. The molecular weight excluding hydrogens is 260 g/mol. The Morgan fingerprint density at radius 3 is 2.12 bits per heavy atom. The first-order valence-electron chi connectivity index (χ1n) is 5.67. The number of rotatable bonds is 4. The van der Waals surface area contributed by atoms with Crippen LogP contribution < -0.4 is 5.73 Å². The van der Waals surface area contributed by atoms with Gasteiger partial charge >= 0.3 is 0 Å². The number of hydrogen-bond acceptors (Lipinski definition) is 4. The van der Waals surface area contributed by atoms with Gasteiger partial charge in [0.05, 0.1) is 4.99 Å². The summed E-state index contributed by atoms with van der Waals surface area (Å²) in [4.78, 5) is 13.4. The average Bonchev–Trinajstić information content (AvgIpc) is 2.41. The van der Waals surface area contributed by atoms with Gasteiger partial charge in [0.25, 0.3) is 0 Å². The van der Waals surface area contributed by atoms with Gasteiger partial charge in [-0.15, -0.1) is 0 Å². The molecule has 0 unspecified atom stereocenters. The van der Waals surface area contributed by atoms with Crippen molar-refractivity contribution in [2.75, 3.05) is 24.6 Å². The van der Waals surface area contributed by atoms with Crippen LogP contribution in [0.2, 0.25) is 0 Å². The summed E-state index contributed by atoms with van der Waals surface area (Å²) in [6.45, 7) is 1.31. The van der Waals surface area contributed by atoms with Gasteiger partial charge in [-0.2, -0.15) is 0 Å². The summed E-state index contributed by atoms with van der Waals surface area (Å²) in [5.74, 6) is -1.20. The van der Waals surface area contributed by atoms with Crippen molar-refractivity contribution in [3.63, 3.8) is 0 Å². The molecule has 98 valence electrons. The molecule has 1 fully saturated rings. The van der Waals surface area contributed by atoms with Crippen molar-refractivity contribution in [3.05, 3.63) is 0 Å². The molecule has 0 aromatic carbocycles. The predicted octanol–water partition coefficient (Wildman–Crippen LogP) is 0.0899. The normalized spacial score (nSPS) is 17.5. The lowest BCUT2D eigenvalue weighted by Crippen LogP contribution is -2.38. The Morgan fingerprint density at radius 2 is 1.65 bits per heavy atom. The average molecular weight is 278 g/mol. The highest BCUT2D eigenvalue weighted by Gasteiger charge is 2.22. The fourth-order valence-electron chi connectivity index (χ4n) is 1.87. The standard InChI is InChI=1S/C10H18N2O3S2/c11-9(16)7-17(14,15)8-10(13)12-5-3-1-2-4-6-12/h1-8H2,(H2,11,16). The molecule has 1 aliphatic heterocycles. The topological polar surface area (TPSA) is 80.5 Å². The van der Waals surface area contributed by atoms with E-state index in [2.05, 4.69) is 12.2 Å². The number of nitrogens with zero attached hydrogens (tertiary/aromatic N) is 1. The maximum Gasteiger partial charge on any atom is 0.237 e. The van der Waals surface area contributed by atoms with Gasteiger partial charge in [0, 0.05) is 13.1 Å². The fraction of sp³-hybridized carbons (Fsp3) is 0.800. The van der Waals surface area contributed by atoms with E-state index in [9.17, 15) is 13.2 Å². The highest BCUT2D eigenvalue weighted by molar-refractivity contribution is 7.94. The summed E-state index contributed by atoms with van der Waals surface area (Å²) < 4.78 is 23.1. The Balaban J connectivity index is 2.55. The molecule has 1 rings (SSSR count). The summed E-state index contributed by atoms with van der Waals surface area (Å²) in [7, 11) is -3.50. The zero-order chi connectivity index (χ0) is 12.9. The molecule has 0 spiro atoms. The van der Waals surface area contributed by atoms with E-state index >= 15 is 0 Å². The Morgan fingerprint density at radius 1 is 1.12 bits per heavy atom. The quantitative estimate of drug-likeness (QED) is 0.737. The lowest BCUT2D eigenvalue weighted by molar-refractivity contribution is -0.128. The van der Waals surface area contributed by atoms with Gasteiger partial charge in [0.1, 0.15) is 11.5 Å². The van der Waals surface area contributed by atoms with Gasteiger partial charge in [-0.25, -0.2) is 8.42 Å². The van der Waals surface area contributed by atoms with Crippen LogP contribution in [0.3, 0.4) is 0 Å². The molecule has 1 aliphatic rings. The van der Waals surface area contributed by atoms with Gasteiger partial charge in [-0.1, -0.05) is 25.1 Å². The molecule has 0 bridgehead atoms. The number of carbonyl (C=O) groups is 1. The zero-order valence-corrected chi connectivity index (χ0v) is 11.4. The third-order valence-electron chi connectivity index (χ3n) is 2.66. The van der Waals surface area contributed by atoms with E-state index in [1.54, 1.807) is 4.90 Å². The maximum atomic E-state index is 11.8.